The van der Waals surface area contributed by atoms with Crippen molar-refractivity contribution in [3.05, 3.63) is 27.2 Å². The summed E-state index contributed by atoms with van der Waals surface area (Å²) in [6.45, 7) is 0.376. The number of nitrogens with zero attached hydrogens (tertiary/aromatic N) is 4. The van der Waals surface area contributed by atoms with Crippen LogP contribution in [-0.2, 0) is 30.2 Å². The molecular weight excluding hydrogens is 312 g/mol. The van der Waals surface area contributed by atoms with E-state index in [0.29, 0.717) is 17.7 Å². The minimum atomic E-state index is -0.346. The molecule has 0 aliphatic heterocycles. The average Bonchev–Trinajstić information content (AvgIpc) is 2.98. The zero-order chi connectivity index (χ0) is 17.4. The van der Waals surface area contributed by atoms with Gasteiger partial charge in [-0.15, -0.1) is 0 Å². The van der Waals surface area contributed by atoms with E-state index in [1.165, 1.54) is 22.6 Å². The van der Waals surface area contributed by atoms with Gasteiger partial charge in [0.15, 0.2) is 11.2 Å². The Kier molecular flexibility index (Phi) is 4.29. The van der Waals surface area contributed by atoms with Gasteiger partial charge in [0.2, 0.25) is 0 Å². The highest BCUT2D eigenvalue weighted by Gasteiger charge is 2.28. The molecule has 1 aliphatic rings. The van der Waals surface area contributed by atoms with Crippen LogP contribution in [0.3, 0.4) is 0 Å². The van der Waals surface area contributed by atoms with E-state index in [4.69, 9.17) is 4.74 Å². The molecule has 2 aromatic rings. The summed E-state index contributed by atoms with van der Waals surface area (Å²) in [5.41, 5.74) is 0.183. The van der Waals surface area contributed by atoms with Gasteiger partial charge in [-0.05, 0) is 31.6 Å². The molecular formula is C16H22N4O4. The fraction of sp³-hybridized carbons (Fsp3) is 0.625. The predicted molar refractivity (Wildman–Crippen MR) is 87.7 cm³/mol. The molecule has 1 fully saturated rings. The summed E-state index contributed by atoms with van der Waals surface area (Å²) in [6, 6.07) is 0. The van der Waals surface area contributed by atoms with Crippen molar-refractivity contribution in [2.45, 2.75) is 32.2 Å². The molecule has 8 nitrogen and oxygen atoms in total. The highest BCUT2D eigenvalue weighted by atomic mass is 16.5. The Labute approximate surface area is 138 Å². The van der Waals surface area contributed by atoms with E-state index in [9.17, 15) is 14.4 Å². The van der Waals surface area contributed by atoms with Crippen molar-refractivity contribution in [3.63, 3.8) is 0 Å². The normalized spacial score (nSPS) is 21.1. The third kappa shape index (κ3) is 2.65. The molecule has 8 heteroatoms. The van der Waals surface area contributed by atoms with Crippen LogP contribution in [0.2, 0.25) is 0 Å². The Balaban J connectivity index is 1.87. The van der Waals surface area contributed by atoms with Crippen molar-refractivity contribution >= 4 is 17.1 Å². The number of rotatable bonds is 3. The fourth-order valence-electron chi connectivity index (χ4n) is 3.56. The molecule has 1 aliphatic carbocycles. The van der Waals surface area contributed by atoms with Gasteiger partial charge < -0.3 is 9.30 Å². The zero-order valence-electron chi connectivity index (χ0n) is 14.2. The van der Waals surface area contributed by atoms with Gasteiger partial charge in [0.25, 0.3) is 5.56 Å². The Hall–Kier alpha value is -2.38. The molecule has 0 amide bonds. The first-order valence-electron chi connectivity index (χ1n) is 8.12. The van der Waals surface area contributed by atoms with Crippen molar-refractivity contribution in [2.75, 3.05) is 7.11 Å². The number of hydrogen-bond donors (Lipinski definition) is 0. The maximum Gasteiger partial charge on any atom is 0.332 e. The molecule has 0 spiro atoms. The van der Waals surface area contributed by atoms with Crippen molar-refractivity contribution in [2.24, 2.45) is 25.9 Å². The number of aryl methyl sites for hydroxylation is 2. The van der Waals surface area contributed by atoms with Crippen molar-refractivity contribution in [3.8, 4) is 0 Å². The van der Waals surface area contributed by atoms with Crippen LogP contribution in [-0.4, -0.2) is 31.8 Å². The Morgan fingerprint density at radius 1 is 1.25 bits per heavy atom. The molecule has 2 heterocycles. The van der Waals surface area contributed by atoms with Crippen molar-refractivity contribution in [1.29, 1.82) is 0 Å². The van der Waals surface area contributed by atoms with Gasteiger partial charge in [-0.25, -0.2) is 9.78 Å². The van der Waals surface area contributed by atoms with E-state index in [1.54, 1.807) is 18.7 Å². The van der Waals surface area contributed by atoms with E-state index >= 15 is 0 Å². The molecule has 130 valence electrons. The smallest absolute Gasteiger partial charge is 0.332 e. The number of imidazole rings is 1. The van der Waals surface area contributed by atoms with Crippen LogP contribution < -0.4 is 11.2 Å². The second kappa shape index (κ2) is 6.26. The largest absolute Gasteiger partial charge is 0.469 e. The molecule has 0 aromatic carbocycles. The Morgan fingerprint density at radius 2 is 1.92 bits per heavy atom. The molecule has 24 heavy (non-hydrogen) atoms. The van der Waals surface area contributed by atoms with Crippen LogP contribution >= 0.6 is 0 Å². The first-order valence-corrected chi connectivity index (χ1v) is 8.12. The van der Waals surface area contributed by atoms with Gasteiger partial charge in [-0.3, -0.25) is 18.7 Å². The van der Waals surface area contributed by atoms with Crippen LogP contribution in [0.25, 0.3) is 11.2 Å². The van der Waals surface area contributed by atoms with Gasteiger partial charge in [-0.1, -0.05) is 0 Å². The van der Waals surface area contributed by atoms with Gasteiger partial charge in [0.05, 0.1) is 19.4 Å². The molecule has 0 radical (unpaired) electrons. The number of aromatic nitrogens is 4. The summed E-state index contributed by atoms with van der Waals surface area (Å²) in [7, 11) is 4.77. The van der Waals surface area contributed by atoms with Crippen LogP contribution in [0.1, 0.15) is 25.7 Å². The lowest BCUT2D eigenvalue weighted by Crippen LogP contribution is -2.41. The maximum atomic E-state index is 12.7. The van der Waals surface area contributed by atoms with Gasteiger partial charge in [0.1, 0.15) is 0 Å². The quantitative estimate of drug-likeness (QED) is 0.759. The second-order valence-corrected chi connectivity index (χ2v) is 6.53. The lowest BCUT2D eigenvalue weighted by Gasteiger charge is -2.27. The SMILES string of the molecule is COC(=O)[C@H]1CC[C@H](Cn2c(=O)c3c(ncn3C)n(C)c2=O)CC1. The lowest BCUT2D eigenvalue weighted by molar-refractivity contribution is -0.146. The summed E-state index contributed by atoms with van der Waals surface area (Å²) < 4.78 is 9.15. The minimum Gasteiger partial charge on any atom is -0.469 e. The standard InChI is InChI=1S/C16H22N4O4/c1-18-9-17-13-12(18)14(21)20(16(23)19(13)2)8-10-4-6-11(7-5-10)15(22)24-3/h9-11H,4-8H2,1-3H3/t10-,11-. The van der Waals surface area contributed by atoms with Crippen LogP contribution in [0.15, 0.2) is 15.9 Å². The molecule has 0 unspecified atom stereocenters. The highest BCUT2D eigenvalue weighted by Crippen LogP contribution is 2.30. The average molecular weight is 334 g/mol. The molecule has 0 atom stereocenters. The van der Waals surface area contributed by atoms with E-state index in [1.807, 2.05) is 0 Å². The first-order chi connectivity index (χ1) is 11.4. The van der Waals surface area contributed by atoms with Gasteiger partial charge in [0, 0.05) is 20.6 Å². The van der Waals surface area contributed by atoms with Gasteiger partial charge >= 0.3 is 11.7 Å². The Bertz CT molecular complexity index is 884. The number of hydrogen-bond acceptors (Lipinski definition) is 5. The van der Waals surface area contributed by atoms with E-state index in [0.717, 1.165) is 25.7 Å². The third-order valence-corrected chi connectivity index (χ3v) is 5.02. The number of carbonyl (C=O) groups is 1. The zero-order valence-corrected chi connectivity index (χ0v) is 14.2. The van der Waals surface area contributed by atoms with Crippen LogP contribution in [0.5, 0.6) is 0 Å². The molecule has 2 aromatic heterocycles. The summed E-state index contributed by atoms with van der Waals surface area (Å²) in [4.78, 5) is 40.9. The monoisotopic (exact) mass is 334 g/mol. The third-order valence-electron chi connectivity index (χ3n) is 5.02. The van der Waals surface area contributed by atoms with Crippen molar-refractivity contribution in [1.82, 2.24) is 18.7 Å². The van der Waals surface area contributed by atoms with Crippen LogP contribution in [0.4, 0.5) is 0 Å². The molecule has 3 rings (SSSR count). The molecule has 0 N–H and O–H groups in total. The van der Waals surface area contributed by atoms with Gasteiger partial charge in [-0.2, -0.15) is 0 Å². The predicted octanol–water partition coefficient (Wildman–Crippen LogP) is 0.413. The van der Waals surface area contributed by atoms with E-state index < -0.39 is 0 Å². The van der Waals surface area contributed by atoms with E-state index in [-0.39, 0.29) is 29.1 Å². The number of ether oxygens (including phenoxy) is 1. The maximum absolute atomic E-state index is 12.7. The first kappa shape index (κ1) is 16.5. The second-order valence-electron chi connectivity index (χ2n) is 6.53. The Morgan fingerprint density at radius 3 is 2.54 bits per heavy atom. The number of carbonyl (C=O) groups excluding carboxylic acids is 1. The van der Waals surface area contributed by atoms with E-state index in [2.05, 4.69) is 4.98 Å². The van der Waals surface area contributed by atoms with Crippen LogP contribution in [0, 0.1) is 11.8 Å². The summed E-state index contributed by atoms with van der Waals surface area (Å²) in [5.74, 6) is -0.0230. The number of esters is 1. The summed E-state index contributed by atoms with van der Waals surface area (Å²) in [6.07, 6.45) is 4.62. The topological polar surface area (TPSA) is 88.1 Å². The summed E-state index contributed by atoms with van der Waals surface area (Å²) in [5, 5.41) is 0. The summed E-state index contributed by atoms with van der Waals surface area (Å²) >= 11 is 0. The molecule has 0 bridgehead atoms. The molecule has 1 saturated carbocycles. The van der Waals surface area contributed by atoms with Crippen molar-refractivity contribution < 1.29 is 9.53 Å². The highest BCUT2D eigenvalue weighted by molar-refractivity contribution is 5.72. The lowest BCUT2D eigenvalue weighted by atomic mass is 9.82. The number of methoxy groups -OCH3 is 1. The number of fused-ring (bicyclic) bond motifs is 1. The molecule has 0 saturated heterocycles. The minimum absolute atomic E-state index is 0.0645. The fourth-order valence-corrected chi connectivity index (χ4v) is 3.56.